The van der Waals surface area contributed by atoms with Gasteiger partial charge in [0.25, 0.3) is 0 Å². The van der Waals surface area contributed by atoms with Crippen LogP contribution < -0.4 is 0 Å². The molecule has 1 aliphatic rings. The van der Waals surface area contributed by atoms with E-state index >= 15 is 0 Å². The van der Waals surface area contributed by atoms with Gasteiger partial charge in [0.1, 0.15) is 0 Å². The minimum Gasteiger partial charge on any atom is -0.222 e. The molecule has 0 bridgehead atoms. The highest BCUT2D eigenvalue weighted by molar-refractivity contribution is 7.93. The zero-order chi connectivity index (χ0) is 14.8. The van der Waals surface area contributed by atoms with Gasteiger partial charge in [-0.15, -0.1) is 0 Å². The van der Waals surface area contributed by atoms with Crippen LogP contribution in [-0.4, -0.2) is 13.2 Å². The van der Waals surface area contributed by atoms with Crippen LogP contribution in [0.4, 0.5) is 8.78 Å². The Hall–Kier alpha value is -1.48. The number of nitrogens with zero attached hydrogens (tertiary/aromatic N) is 1. The quantitative estimate of drug-likeness (QED) is 0.621. The highest BCUT2D eigenvalue weighted by atomic mass is 32.2. The van der Waals surface area contributed by atoms with E-state index in [2.05, 4.69) is 0 Å². The summed E-state index contributed by atoms with van der Waals surface area (Å²) in [6.07, 6.45) is 3.55. The van der Waals surface area contributed by atoms with E-state index in [0.717, 1.165) is 25.0 Å². The molecule has 0 aromatic heterocycles. The molecule has 0 heterocycles. The third-order valence-corrected chi connectivity index (χ3v) is 6.23. The maximum atomic E-state index is 13.3. The molecule has 0 unspecified atom stereocenters. The molecular formula is C14H15F2NO2S. The van der Waals surface area contributed by atoms with E-state index in [1.54, 1.807) is 0 Å². The highest BCUT2D eigenvalue weighted by Gasteiger charge is 2.45. The van der Waals surface area contributed by atoms with E-state index in [1.807, 2.05) is 6.07 Å². The molecule has 0 N–H and O–H groups in total. The first-order chi connectivity index (χ1) is 9.43. The van der Waals surface area contributed by atoms with E-state index in [1.165, 1.54) is 0 Å². The normalized spacial score (nSPS) is 19.1. The number of sulfone groups is 1. The van der Waals surface area contributed by atoms with Gasteiger partial charge in [-0.3, -0.25) is 0 Å². The zero-order valence-corrected chi connectivity index (χ0v) is 11.7. The topological polar surface area (TPSA) is 57.9 Å². The van der Waals surface area contributed by atoms with Crippen LogP contribution in [0.25, 0.3) is 0 Å². The molecule has 0 radical (unpaired) electrons. The van der Waals surface area contributed by atoms with E-state index in [4.69, 9.17) is 0 Å². The van der Waals surface area contributed by atoms with E-state index in [9.17, 15) is 22.5 Å². The summed E-state index contributed by atoms with van der Waals surface area (Å²) in [5.74, 6) is -2.32. The summed E-state index contributed by atoms with van der Waals surface area (Å²) in [6.45, 7) is 0. The average Bonchev–Trinajstić information content (AvgIpc) is 2.68. The summed E-state index contributed by atoms with van der Waals surface area (Å²) < 4.78 is 50.0. The van der Waals surface area contributed by atoms with E-state index in [-0.39, 0.29) is 17.7 Å². The van der Waals surface area contributed by atoms with Crippen LogP contribution in [0, 0.1) is 23.0 Å². The molecule has 0 saturated heterocycles. The first-order valence-corrected chi connectivity index (χ1v) is 8.02. The fourth-order valence-electron chi connectivity index (χ4n) is 2.61. The maximum absolute atomic E-state index is 13.3. The molecule has 1 fully saturated rings. The Kier molecular flexibility index (Phi) is 4.09. The van der Waals surface area contributed by atoms with Gasteiger partial charge in [-0.2, -0.15) is 5.26 Å². The van der Waals surface area contributed by atoms with E-state index in [0.29, 0.717) is 18.9 Å². The van der Waals surface area contributed by atoms with Gasteiger partial charge in [0, 0.05) is 0 Å². The Bertz CT molecular complexity index is 642. The van der Waals surface area contributed by atoms with Gasteiger partial charge in [-0.1, -0.05) is 25.7 Å². The van der Waals surface area contributed by atoms with Crippen molar-refractivity contribution in [3.8, 4) is 6.07 Å². The smallest absolute Gasteiger partial charge is 0.197 e. The van der Waals surface area contributed by atoms with Crippen molar-refractivity contribution in [2.45, 2.75) is 48.2 Å². The van der Waals surface area contributed by atoms with Crippen LogP contribution >= 0.6 is 0 Å². The molecular weight excluding hydrogens is 284 g/mol. The third kappa shape index (κ3) is 2.42. The van der Waals surface area contributed by atoms with Gasteiger partial charge in [0.05, 0.1) is 11.0 Å². The molecule has 0 atom stereocenters. The number of halogens is 2. The maximum Gasteiger partial charge on any atom is 0.197 e. The predicted molar refractivity (Wildman–Crippen MR) is 69.6 cm³/mol. The van der Waals surface area contributed by atoms with Crippen LogP contribution in [-0.2, 0) is 9.84 Å². The highest BCUT2D eigenvalue weighted by Crippen LogP contribution is 2.37. The van der Waals surface area contributed by atoms with Gasteiger partial charge >= 0.3 is 0 Å². The lowest BCUT2D eigenvalue weighted by molar-refractivity contribution is 0.500. The molecule has 1 aromatic carbocycles. The van der Waals surface area contributed by atoms with Crippen molar-refractivity contribution in [1.82, 2.24) is 0 Å². The van der Waals surface area contributed by atoms with Gasteiger partial charge < -0.3 is 0 Å². The Labute approximate surface area is 117 Å². The van der Waals surface area contributed by atoms with E-state index < -0.39 is 26.2 Å². The number of nitriles is 1. The third-order valence-electron chi connectivity index (χ3n) is 3.83. The summed E-state index contributed by atoms with van der Waals surface area (Å²) >= 11 is 0. The first-order valence-electron chi connectivity index (χ1n) is 6.54. The zero-order valence-electron chi connectivity index (χ0n) is 10.9. The number of hydrogen-bond donors (Lipinski definition) is 0. The van der Waals surface area contributed by atoms with Crippen LogP contribution in [0.15, 0.2) is 23.1 Å². The summed E-state index contributed by atoms with van der Waals surface area (Å²) in [5.41, 5.74) is 0. The largest absolute Gasteiger partial charge is 0.222 e. The number of rotatable bonds is 2. The fraction of sp³-hybridized carbons (Fsp3) is 0.500. The van der Waals surface area contributed by atoms with Crippen molar-refractivity contribution >= 4 is 9.84 Å². The second-order valence-corrected chi connectivity index (χ2v) is 7.36. The lowest BCUT2D eigenvalue weighted by Gasteiger charge is -2.24. The molecule has 1 aliphatic carbocycles. The molecule has 0 amide bonds. The van der Waals surface area contributed by atoms with Crippen molar-refractivity contribution in [2.75, 3.05) is 0 Å². The average molecular weight is 299 g/mol. The molecule has 108 valence electrons. The molecule has 0 spiro atoms. The molecule has 0 aliphatic heterocycles. The van der Waals surface area contributed by atoms with Crippen LogP contribution in [0.3, 0.4) is 0 Å². The molecule has 3 nitrogen and oxygen atoms in total. The second kappa shape index (κ2) is 5.49. The minimum absolute atomic E-state index is 0.241. The van der Waals surface area contributed by atoms with Gasteiger partial charge in [0.15, 0.2) is 26.2 Å². The standard InChI is InChI=1S/C14H15F2NO2S/c15-12-6-5-11(9-13(12)16)20(18,19)14(10-17)7-3-1-2-4-8-14/h5-6,9H,1-4,7-8H2. The van der Waals surface area contributed by atoms with Crippen LogP contribution in [0.5, 0.6) is 0 Å². The Balaban J connectivity index is 2.51. The summed E-state index contributed by atoms with van der Waals surface area (Å²) in [7, 11) is -4.00. The summed E-state index contributed by atoms with van der Waals surface area (Å²) in [4.78, 5) is -0.320. The lowest BCUT2D eigenvalue weighted by atomic mass is 10.0. The van der Waals surface area contributed by atoms with Gasteiger partial charge in [0.2, 0.25) is 0 Å². The monoisotopic (exact) mass is 299 g/mol. The Morgan fingerprint density at radius 3 is 2.15 bits per heavy atom. The Morgan fingerprint density at radius 2 is 1.65 bits per heavy atom. The SMILES string of the molecule is N#CC1(S(=O)(=O)c2ccc(F)c(F)c2)CCCCCC1. The molecule has 1 aromatic rings. The fourth-order valence-corrected chi connectivity index (χ4v) is 4.51. The summed E-state index contributed by atoms with van der Waals surface area (Å²) in [5, 5.41) is 9.39. The molecule has 20 heavy (non-hydrogen) atoms. The van der Waals surface area contributed by atoms with Gasteiger partial charge in [-0.05, 0) is 31.0 Å². The van der Waals surface area contributed by atoms with Crippen LogP contribution in [0.2, 0.25) is 0 Å². The Morgan fingerprint density at radius 1 is 1.05 bits per heavy atom. The number of hydrogen-bond acceptors (Lipinski definition) is 3. The van der Waals surface area contributed by atoms with Gasteiger partial charge in [-0.25, -0.2) is 17.2 Å². The van der Waals surface area contributed by atoms with Crippen LogP contribution in [0.1, 0.15) is 38.5 Å². The van der Waals surface area contributed by atoms with Crippen molar-refractivity contribution < 1.29 is 17.2 Å². The van der Waals surface area contributed by atoms with Crippen molar-refractivity contribution in [2.24, 2.45) is 0 Å². The lowest BCUT2D eigenvalue weighted by Crippen LogP contribution is -2.36. The second-order valence-electron chi connectivity index (χ2n) is 5.10. The number of benzene rings is 1. The molecule has 1 saturated carbocycles. The molecule has 6 heteroatoms. The van der Waals surface area contributed by atoms with Crippen molar-refractivity contribution in [3.05, 3.63) is 29.8 Å². The van der Waals surface area contributed by atoms with Crippen molar-refractivity contribution in [1.29, 1.82) is 5.26 Å². The first kappa shape index (κ1) is 14.9. The summed E-state index contributed by atoms with van der Waals surface area (Å²) in [6, 6.07) is 4.39. The molecule has 2 rings (SSSR count). The predicted octanol–water partition coefficient (Wildman–Crippen LogP) is 3.36. The minimum atomic E-state index is -4.00. The van der Waals surface area contributed by atoms with Crippen molar-refractivity contribution in [3.63, 3.8) is 0 Å².